The van der Waals surface area contributed by atoms with Crippen LogP contribution in [0, 0.1) is 23.6 Å². The van der Waals surface area contributed by atoms with Crippen LogP contribution in [-0.4, -0.2) is 11.2 Å². The number of rotatable bonds is 4. The second kappa shape index (κ2) is 6.91. The van der Waals surface area contributed by atoms with Gasteiger partial charge in [0, 0.05) is 6.42 Å². The van der Waals surface area contributed by atoms with Crippen LogP contribution in [0.1, 0.15) is 45.1 Å². The lowest BCUT2D eigenvalue weighted by molar-refractivity contribution is 0.0675. The van der Waals surface area contributed by atoms with Crippen LogP contribution in [0.5, 0.6) is 0 Å². The molecule has 1 atom stereocenters. The van der Waals surface area contributed by atoms with E-state index in [4.69, 9.17) is 11.6 Å². The lowest BCUT2D eigenvalue weighted by Crippen LogP contribution is -2.29. The maximum atomic E-state index is 13.4. The molecule has 0 aromatic heterocycles. The number of aliphatic hydroxyl groups excluding tert-OH is 1. The highest BCUT2D eigenvalue weighted by Crippen LogP contribution is 2.36. The molecule has 0 amide bonds. The van der Waals surface area contributed by atoms with Gasteiger partial charge in [0.05, 0.1) is 11.1 Å². The molecule has 0 spiro atoms. The summed E-state index contributed by atoms with van der Waals surface area (Å²) in [5, 5.41) is 10.5. The molecule has 2 rings (SSSR count). The Labute approximate surface area is 126 Å². The van der Waals surface area contributed by atoms with Crippen molar-refractivity contribution < 1.29 is 9.50 Å². The van der Waals surface area contributed by atoms with E-state index in [2.05, 4.69) is 13.8 Å². The Morgan fingerprint density at radius 2 is 1.80 bits per heavy atom. The maximum Gasteiger partial charge on any atom is 0.142 e. The standard InChI is InChI=1S/C17H24ClFO/c1-11(2)12-6-8-13(9-7-12)16(20)10-14-4-3-5-15(19)17(14)18/h3-5,11-13,16,20H,6-10H2,1-2H3. The molecule has 1 aromatic rings. The SMILES string of the molecule is CC(C)C1CCC(C(O)Cc2cccc(F)c2Cl)CC1. The van der Waals surface area contributed by atoms with Crippen LogP contribution >= 0.6 is 11.6 Å². The van der Waals surface area contributed by atoms with E-state index in [9.17, 15) is 9.50 Å². The van der Waals surface area contributed by atoms with E-state index >= 15 is 0 Å². The monoisotopic (exact) mass is 298 g/mol. The Bertz CT molecular complexity index is 439. The van der Waals surface area contributed by atoms with Crippen molar-refractivity contribution in [2.24, 2.45) is 17.8 Å². The van der Waals surface area contributed by atoms with E-state index in [1.54, 1.807) is 12.1 Å². The predicted molar refractivity (Wildman–Crippen MR) is 81.4 cm³/mol. The van der Waals surface area contributed by atoms with Crippen molar-refractivity contribution in [2.75, 3.05) is 0 Å². The van der Waals surface area contributed by atoms with Crippen LogP contribution < -0.4 is 0 Å². The van der Waals surface area contributed by atoms with Gasteiger partial charge in [-0.05, 0) is 55.1 Å². The fourth-order valence-electron chi connectivity index (χ4n) is 3.29. The molecule has 0 radical (unpaired) electrons. The molecule has 1 aliphatic rings. The molecule has 0 aliphatic heterocycles. The Kier molecular flexibility index (Phi) is 5.45. The first-order valence-electron chi connectivity index (χ1n) is 7.60. The zero-order valence-corrected chi connectivity index (χ0v) is 13.0. The van der Waals surface area contributed by atoms with Crippen molar-refractivity contribution in [3.05, 3.63) is 34.6 Å². The molecular formula is C17H24ClFO. The van der Waals surface area contributed by atoms with Crippen LogP contribution in [0.25, 0.3) is 0 Å². The minimum Gasteiger partial charge on any atom is -0.392 e. The summed E-state index contributed by atoms with van der Waals surface area (Å²) in [5.41, 5.74) is 0.713. The van der Waals surface area contributed by atoms with Crippen LogP contribution in [0.3, 0.4) is 0 Å². The number of aliphatic hydroxyl groups is 1. The molecular weight excluding hydrogens is 275 g/mol. The van der Waals surface area contributed by atoms with Gasteiger partial charge in [-0.2, -0.15) is 0 Å². The summed E-state index contributed by atoms with van der Waals surface area (Å²) in [6.45, 7) is 4.54. The summed E-state index contributed by atoms with van der Waals surface area (Å²) < 4.78 is 13.4. The van der Waals surface area contributed by atoms with Gasteiger partial charge < -0.3 is 5.11 Å². The number of hydrogen-bond donors (Lipinski definition) is 1. The van der Waals surface area contributed by atoms with Crippen molar-refractivity contribution in [1.82, 2.24) is 0 Å². The van der Waals surface area contributed by atoms with Crippen molar-refractivity contribution in [3.8, 4) is 0 Å². The average molecular weight is 299 g/mol. The fourth-order valence-corrected chi connectivity index (χ4v) is 3.50. The van der Waals surface area contributed by atoms with Crippen LogP contribution in [0.15, 0.2) is 18.2 Å². The molecule has 0 saturated heterocycles. The second-order valence-electron chi connectivity index (χ2n) is 6.40. The Balaban J connectivity index is 1.93. The topological polar surface area (TPSA) is 20.2 Å². The third kappa shape index (κ3) is 3.73. The summed E-state index contributed by atoms with van der Waals surface area (Å²) >= 11 is 5.95. The van der Waals surface area contributed by atoms with Gasteiger partial charge in [0.2, 0.25) is 0 Å². The molecule has 1 nitrogen and oxygen atoms in total. The van der Waals surface area contributed by atoms with Crippen LogP contribution in [0.2, 0.25) is 5.02 Å². The van der Waals surface area contributed by atoms with E-state index < -0.39 is 11.9 Å². The molecule has 112 valence electrons. The van der Waals surface area contributed by atoms with Gasteiger partial charge in [-0.25, -0.2) is 4.39 Å². The highest BCUT2D eigenvalue weighted by atomic mass is 35.5. The average Bonchev–Trinajstić information content (AvgIpc) is 2.44. The Hall–Kier alpha value is -0.600. The first kappa shape index (κ1) is 15.8. The van der Waals surface area contributed by atoms with E-state index in [0.29, 0.717) is 17.9 Å². The Morgan fingerprint density at radius 1 is 1.20 bits per heavy atom. The molecule has 1 aromatic carbocycles. The lowest BCUT2D eigenvalue weighted by Gasteiger charge is -2.33. The van der Waals surface area contributed by atoms with Gasteiger partial charge in [0.25, 0.3) is 0 Å². The lowest BCUT2D eigenvalue weighted by atomic mass is 9.74. The van der Waals surface area contributed by atoms with Gasteiger partial charge >= 0.3 is 0 Å². The molecule has 20 heavy (non-hydrogen) atoms. The van der Waals surface area contributed by atoms with E-state index in [1.807, 2.05) is 0 Å². The highest BCUT2D eigenvalue weighted by molar-refractivity contribution is 6.31. The maximum absolute atomic E-state index is 13.4. The number of halogens is 2. The summed E-state index contributed by atoms with van der Waals surface area (Å²) in [5.74, 6) is 1.44. The third-order valence-corrected chi connectivity index (χ3v) is 5.19. The molecule has 0 bridgehead atoms. The predicted octanol–water partition coefficient (Wildman–Crippen LogP) is 4.84. The van der Waals surface area contributed by atoms with Crippen LogP contribution in [0.4, 0.5) is 4.39 Å². The van der Waals surface area contributed by atoms with Crippen LogP contribution in [-0.2, 0) is 6.42 Å². The van der Waals surface area contributed by atoms with E-state index in [0.717, 1.165) is 24.7 Å². The minimum absolute atomic E-state index is 0.155. The molecule has 1 aliphatic carbocycles. The first-order chi connectivity index (χ1) is 9.49. The van der Waals surface area contributed by atoms with Crippen molar-refractivity contribution in [2.45, 2.75) is 52.1 Å². The van der Waals surface area contributed by atoms with Gasteiger partial charge in [-0.3, -0.25) is 0 Å². The van der Waals surface area contributed by atoms with E-state index in [-0.39, 0.29) is 5.02 Å². The van der Waals surface area contributed by atoms with Gasteiger partial charge in [0.15, 0.2) is 0 Å². The Morgan fingerprint density at radius 3 is 2.40 bits per heavy atom. The van der Waals surface area contributed by atoms with Crippen molar-refractivity contribution in [3.63, 3.8) is 0 Å². The second-order valence-corrected chi connectivity index (χ2v) is 6.78. The first-order valence-corrected chi connectivity index (χ1v) is 7.97. The van der Waals surface area contributed by atoms with Gasteiger partial charge in [-0.1, -0.05) is 37.6 Å². The zero-order chi connectivity index (χ0) is 14.7. The molecule has 0 heterocycles. The summed E-state index contributed by atoms with van der Waals surface area (Å²) in [7, 11) is 0. The normalized spacial score (nSPS) is 24.9. The smallest absolute Gasteiger partial charge is 0.142 e. The van der Waals surface area contributed by atoms with Crippen molar-refractivity contribution in [1.29, 1.82) is 0 Å². The number of hydrogen-bond acceptors (Lipinski definition) is 1. The van der Waals surface area contributed by atoms with E-state index in [1.165, 1.54) is 18.9 Å². The third-order valence-electron chi connectivity index (χ3n) is 4.76. The van der Waals surface area contributed by atoms with Gasteiger partial charge in [0.1, 0.15) is 5.82 Å². The quantitative estimate of drug-likeness (QED) is 0.843. The largest absolute Gasteiger partial charge is 0.392 e. The zero-order valence-electron chi connectivity index (χ0n) is 12.3. The minimum atomic E-state index is -0.414. The summed E-state index contributed by atoms with van der Waals surface area (Å²) in [6.07, 6.45) is 4.55. The highest BCUT2D eigenvalue weighted by Gasteiger charge is 2.28. The molecule has 1 N–H and O–H groups in total. The molecule has 1 saturated carbocycles. The van der Waals surface area contributed by atoms with Gasteiger partial charge in [-0.15, -0.1) is 0 Å². The summed E-state index contributed by atoms with van der Waals surface area (Å²) in [4.78, 5) is 0. The fraction of sp³-hybridized carbons (Fsp3) is 0.647. The molecule has 1 fully saturated rings. The van der Waals surface area contributed by atoms with Crippen molar-refractivity contribution >= 4 is 11.6 Å². The summed E-state index contributed by atoms with van der Waals surface area (Å²) in [6, 6.07) is 4.80. The number of benzene rings is 1. The molecule has 3 heteroatoms. The molecule has 1 unspecified atom stereocenters.